The van der Waals surface area contributed by atoms with Crippen molar-refractivity contribution in [2.24, 2.45) is 0 Å². The topological polar surface area (TPSA) is 21.3 Å². The molecule has 0 atom stereocenters. The second kappa shape index (κ2) is 8.28. The Morgan fingerprint density at radius 2 is 1.67 bits per heavy atom. The molecule has 0 fully saturated rings. The van der Waals surface area contributed by atoms with Crippen LogP contribution in [-0.4, -0.2) is 6.54 Å². The van der Waals surface area contributed by atoms with Gasteiger partial charge in [-0.1, -0.05) is 54.4 Å². The van der Waals surface area contributed by atoms with Crippen molar-refractivity contribution >= 4 is 23.2 Å². The van der Waals surface area contributed by atoms with Crippen LogP contribution in [0.3, 0.4) is 0 Å². The van der Waals surface area contributed by atoms with Crippen LogP contribution in [0.15, 0.2) is 42.5 Å². The van der Waals surface area contributed by atoms with E-state index in [9.17, 15) is 0 Å². The molecule has 1 N–H and O–H groups in total. The van der Waals surface area contributed by atoms with E-state index in [2.05, 4.69) is 24.4 Å². The number of rotatable bonds is 7. The van der Waals surface area contributed by atoms with Crippen LogP contribution in [0.5, 0.6) is 5.75 Å². The van der Waals surface area contributed by atoms with Crippen LogP contribution in [0.2, 0.25) is 10.0 Å². The van der Waals surface area contributed by atoms with E-state index in [1.165, 1.54) is 5.56 Å². The summed E-state index contributed by atoms with van der Waals surface area (Å²) >= 11 is 11.9. The van der Waals surface area contributed by atoms with Gasteiger partial charge in [0.1, 0.15) is 12.4 Å². The minimum Gasteiger partial charge on any atom is -0.489 e. The SMILES string of the molecule is CCCNCc1ccccc1COc1cc(Cl)cc(Cl)c1. The van der Waals surface area contributed by atoms with Crippen LogP contribution in [0.1, 0.15) is 24.5 Å². The zero-order chi connectivity index (χ0) is 15.1. The Bertz CT molecular complexity index is 567. The first-order valence-electron chi connectivity index (χ1n) is 7.05. The van der Waals surface area contributed by atoms with Crippen LogP contribution in [-0.2, 0) is 13.2 Å². The third-order valence-electron chi connectivity index (χ3n) is 3.09. The van der Waals surface area contributed by atoms with E-state index < -0.39 is 0 Å². The molecule has 112 valence electrons. The number of benzene rings is 2. The van der Waals surface area contributed by atoms with Gasteiger partial charge in [0.25, 0.3) is 0 Å². The van der Waals surface area contributed by atoms with Crippen molar-refractivity contribution in [3.8, 4) is 5.75 Å². The smallest absolute Gasteiger partial charge is 0.122 e. The van der Waals surface area contributed by atoms with E-state index in [1.807, 2.05) is 12.1 Å². The Labute approximate surface area is 136 Å². The summed E-state index contributed by atoms with van der Waals surface area (Å²) in [6, 6.07) is 13.5. The molecule has 0 aliphatic rings. The molecule has 0 heterocycles. The van der Waals surface area contributed by atoms with Gasteiger partial charge in [0, 0.05) is 16.6 Å². The van der Waals surface area contributed by atoms with E-state index in [0.29, 0.717) is 22.4 Å². The largest absolute Gasteiger partial charge is 0.489 e. The molecule has 0 saturated carbocycles. The van der Waals surface area contributed by atoms with E-state index in [1.54, 1.807) is 18.2 Å². The van der Waals surface area contributed by atoms with Gasteiger partial charge in [0.15, 0.2) is 0 Å². The quantitative estimate of drug-likeness (QED) is 0.718. The van der Waals surface area contributed by atoms with Crippen LogP contribution >= 0.6 is 23.2 Å². The van der Waals surface area contributed by atoms with Crippen LogP contribution < -0.4 is 10.1 Å². The lowest BCUT2D eigenvalue weighted by atomic mass is 10.1. The summed E-state index contributed by atoms with van der Waals surface area (Å²) < 4.78 is 5.80. The predicted molar refractivity (Wildman–Crippen MR) is 89.2 cm³/mol. The first kappa shape index (κ1) is 16.2. The second-order valence-corrected chi connectivity index (χ2v) is 5.71. The Hall–Kier alpha value is -1.22. The van der Waals surface area contributed by atoms with Crippen molar-refractivity contribution in [2.75, 3.05) is 6.54 Å². The van der Waals surface area contributed by atoms with Gasteiger partial charge in [-0.3, -0.25) is 0 Å². The molecule has 2 rings (SSSR count). The second-order valence-electron chi connectivity index (χ2n) is 4.84. The monoisotopic (exact) mass is 323 g/mol. The number of ether oxygens (including phenoxy) is 1. The summed E-state index contributed by atoms with van der Waals surface area (Å²) in [7, 11) is 0. The molecule has 0 saturated heterocycles. The van der Waals surface area contributed by atoms with Gasteiger partial charge in [0.05, 0.1) is 0 Å². The van der Waals surface area contributed by atoms with Gasteiger partial charge in [-0.15, -0.1) is 0 Å². The highest BCUT2D eigenvalue weighted by Gasteiger charge is 2.04. The molecule has 2 aromatic carbocycles. The maximum atomic E-state index is 5.97. The Morgan fingerprint density at radius 1 is 1.00 bits per heavy atom. The fraction of sp³-hybridized carbons (Fsp3) is 0.294. The number of nitrogens with one attached hydrogen (secondary N) is 1. The van der Waals surface area contributed by atoms with Crippen molar-refractivity contribution in [3.05, 3.63) is 63.6 Å². The molecule has 0 unspecified atom stereocenters. The molecule has 0 aromatic heterocycles. The van der Waals surface area contributed by atoms with Gasteiger partial charge >= 0.3 is 0 Å². The fourth-order valence-electron chi connectivity index (χ4n) is 2.04. The highest BCUT2D eigenvalue weighted by molar-refractivity contribution is 6.34. The molecule has 0 amide bonds. The third-order valence-corrected chi connectivity index (χ3v) is 3.53. The molecule has 0 aliphatic carbocycles. The first-order valence-corrected chi connectivity index (χ1v) is 7.81. The molecule has 0 aliphatic heterocycles. The Morgan fingerprint density at radius 3 is 2.33 bits per heavy atom. The number of hydrogen-bond acceptors (Lipinski definition) is 2. The first-order chi connectivity index (χ1) is 10.2. The Kier molecular flexibility index (Phi) is 6.37. The lowest BCUT2D eigenvalue weighted by Gasteiger charge is -2.12. The molecular weight excluding hydrogens is 305 g/mol. The highest BCUT2D eigenvalue weighted by Crippen LogP contribution is 2.25. The molecule has 21 heavy (non-hydrogen) atoms. The van der Waals surface area contributed by atoms with E-state index in [-0.39, 0.29) is 0 Å². The summed E-state index contributed by atoms with van der Waals surface area (Å²) in [6.07, 6.45) is 1.12. The summed E-state index contributed by atoms with van der Waals surface area (Å²) in [5, 5.41) is 4.57. The maximum absolute atomic E-state index is 5.97. The average Bonchev–Trinajstić information content (AvgIpc) is 2.45. The lowest BCUT2D eigenvalue weighted by Crippen LogP contribution is -2.15. The molecule has 0 spiro atoms. The van der Waals surface area contributed by atoms with Gasteiger partial charge in [-0.25, -0.2) is 0 Å². The van der Waals surface area contributed by atoms with E-state index in [4.69, 9.17) is 27.9 Å². The highest BCUT2D eigenvalue weighted by atomic mass is 35.5. The molecule has 0 radical (unpaired) electrons. The Balaban J connectivity index is 2.02. The summed E-state index contributed by atoms with van der Waals surface area (Å²) in [6.45, 7) is 4.52. The average molecular weight is 324 g/mol. The summed E-state index contributed by atoms with van der Waals surface area (Å²) in [5.74, 6) is 0.684. The normalized spacial score (nSPS) is 10.6. The van der Waals surface area contributed by atoms with E-state index in [0.717, 1.165) is 25.1 Å². The standard InChI is InChI=1S/C17H19Cl2NO/c1-2-7-20-11-13-5-3-4-6-14(13)12-21-17-9-15(18)8-16(19)10-17/h3-6,8-10,20H,2,7,11-12H2,1H3. The minimum atomic E-state index is 0.501. The van der Waals surface area contributed by atoms with Gasteiger partial charge in [-0.05, 0) is 42.3 Å². The van der Waals surface area contributed by atoms with Crippen molar-refractivity contribution in [1.82, 2.24) is 5.32 Å². The van der Waals surface area contributed by atoms with Crippen molar-refractivity contribution in [1.29, 1.82) is 0 Å². The maximum Gasteiger partial charge on any atom is 0.122 e. The zero-order valence-corrected chi connectivity index (χ0v) is 13.5. The molecule has 2 nitrogen and oxygen atoms in total. The summed E-state index contributed by atoms with van der Waals surface area (Å²) in [4.78, 5) is 0. The molecule has 0 bridgehead atoms. The van der Waals surface area contributed by atoms with Crippen molar-refractivity contribution in [3.63, 3.8) is 0 Å². The molecule has 4 heteroatoms. The lowest BCUT2D eigenvalue weighted by molar-refractivity contribution is 0.304. The van der Waals surface area contributed by atoms with Crippen LogP contribution in [0.4, 0.5) is 0 Å². The minimum absolute atomic E-state index is 0.501. The number of hydrogen-bond donors (Lipinski definition) is 1. The number of halogens is 2. The van der Waals surface area contributed by atoms with Gasteiger partial charge in [0.2, 0.25) is 0 Å². The molecular formula is C17H19Cl2NO. The van der Waals surface area contributed by atoms with Crippen LogP contribution in [0.25, 0.3) is 0 Å². The molecule has 2 aromatic rings. The van der Waals surface area contributed by atoms with Gasteiger partial charge in [-0.2, -0.15) is 0 Å². The van der Waals surface area contributed by atoms with Crippen molar-refractivity contribution in [2.45, 2.75) is 26.5 Å². The predicted octanol–water partition coefficient (Wildman–Crippen LogP) is 5.07. The van der Waals surface area contributed by atoms with E-state index >= 15 is 0 Å². The third kappa shape index (κ3) is 5.24. The van der Waals surface area contributed by atoms with Crippen molar-refractivity contribution < 1.29 is 4.74 Å². The van der Waals surface area contributed by atoms with Crippen LogP contribution in [0, 0.1) is 0 Å². The zero-order valence-electron chi connectivity index (χ0n) is 12.0. The van der Waals surface area contributed by atoms with Gasteiger partial charge < -0.3 is 10.1 Å². The fourth-order valence-corrected chi connectivity index (χ4v) is 2.55. The summed E-state index contributed by atoms with van der Waals surface area (Å²) in [5.41, 5.74) is 2.41.